The Kier molecular flexibility index (Phi) is 7.52. The second-order valence-electron chi connectivity index (χ2n) is 7.16. The van der Waals surface area contributed by atoms with Crippen molar-refractivity contribution in [2.45, 2.75) is 26.8 Å². The minimum atomic E-state index is -0.665. The maximum Gasteiger partial charge on any atom is 0.373 e. The topological polar surface area (TPSA) is 124 Å². The summed E-state index contributed by atoms with van der Waals surface area (Å²) < 4.78 is 20.9. The van der Waals surface area contributed by atoms with E-state index in [2.05, 4.69) is 16.6 Å². The number of furan rings is 1. The number of nitrogens with zero attached hydrogens (tertiary/aromatic N) is 1. The smallest absolute Gasteiger partial charge is 0.373 e. The number of nitrogens with one attached hydrogen (secondary N) is 1. The van der Waals surface area contributed by atoms with Crippen LogP contribution in [0.5, 0.6) is 11.5 Å². The predicted molar refractivity (Wildman–Crippen MR) is 120 cm³/mol. The van der Waals surface area contributed by atoms with Gasteiger partial charge in [-0.2, -0.15) is 0 Å². The van der Waals surface area contributed by atoms with Crippen molar-refractivity contribution < 1.29 is 37.8 Å². The van der Waals surface area contributed by atoms with Crippen molar-refractivity contribution in [3.8, 4) is 11.5 Å². The molecule has 0 bridgehead atoms. The number of hydrogen-bond donors (Lipinski definition) is 1. The summed E-state index contributed by atoms with van der Waals surface area (Å²) in [4.78, 5) is 49.4. The van der Waals surface area contributed by atoms with Crippen molar-refractivity contribution in [3.05, 3.63) is 65.3 Å². The monoisotopic (exact) mass is 468 g/mol. The van der Waals surface area contributed by atoms with E-state index in [9.17, 15) is 19.2 Å². The number of esters is 2. The van der Waals surface area contributed by atoms with Crippen molar-refractivity contribution in [2.75, 3.05) is 13.7 Å². The minimum Gasteiger partial charge on any atom is -0.490 e. The number of hydrogen-bond acceptors (Lipinski definition) is 8. The number of amides is 3. The number of rotatable bonds is 9. The van der Waals surface area contributed by atoms with E-state index >= 15 is 0 Å². The zero-order valence-corrected chi connectivity index (χ0v) is 19.0. The first-order valence-corrected chi connectivity index (χ1v) is 10.4. The average Bonchev–Trinajstić information content (AvgIpc) is 3.36. The normalized spacial score (nSPS) is 14.2. The highest BCUT2D eigenvalue weighted by Gasteiger charge is 2.34. The molecule has 2 aromatic rings. The van der Waals surface area contributed by atoms with E-state index in [1.165, 1.54) is 32.2 Å². The Morgan fingerprint density at radius 1 is 1.24 bits per heavy atom. The quantitative estimate of drug-likeness (QED) is 0.196. The van der Waals surface area contributed by atoms with Gasteiger partial charge in [-0.1, -0.05) is 6.08 Å². The summed E-state index contributed by atoms with van der Waals surface area (Å²) in [5, 5.41) is 2.53. The molecule has 0 atom stereocenters. The minimum absolute atomic E-state index is 0.0357. The molecule has 0 saturated carbocycles. The number of urea groups is 1. The van der Waals surface area contributed by atoms with Crippen molar-refractivity contribution in [3.63, 3.8) is 0 Å². The molecule has 1 N–H and O–H groups in total. The lowest BCUT2D eigenvalue weighted by molar-refractivity contribution is -0.132. The van der Waals surface area contributed by atoms with Gasteiger partial charge in [-0.25, -0.2) is 9.59 Å². The molecule has 1 fully saturated rings. The number of carbonyl (C=O) groups is 4. The summed E-state index contributed by atoms with van der Waals surface area (Å²) in [7, 11) is 1.22. The highest BCUT2D eigenvalue weighted by atomic mass is 16.6. The van der Waals surface area contributed by atoms with E-state index in [1.807, 2.05) is 0 Å². The fourth-order valence-electron chi connectivity index (χ4n) is 3.31. The van der Waals surface area contributed by atoms with Crippen LogP contribution in [0.15, 0.2) is 47.0 Å². The SMILES string of the molecule is C=CCc1cc(C=C2NC(=O)N(Cc3ccc(C(=O)OC)o3)C2=O)cc(OCC)c1OC(C)=O. The third-order valence-electron chi connectivity index (χ3n) is 4.70. The van der Waals surface area contributed by atoms with E-state index in [0.29, 0.717) is 29.9 Å². The van der Waals surface area contributed by atoms with Gasteiger partial charge in [0.05, 0.1) is 20.3 Å². The third-order valence-corrected chi connectivity index (χ3v) is 4.70. The Balaban J connectivity index is 1.90. The fourth-order valence-corrected chi connectivity index (χ4v) is 3.31. The van der Waals surface area contributed by atoms with E-state index in [0.717, 1.165) is 4.90 Å². The largest absolute Gasteiger partial charge is 0.490 e. The standard InChI is InChI=1S/C24H24N2O8/c1-5-7-16-10-15(12-20(32-6-2)21(16)33-14(3)27)11-18-22(28)26(24(30)25-18)13-17-8-9-19(34-17)23(29)31-4/h5,8-12H,1,6-7,13H2,2-4H3,(H,25,30). The molecule has 1 aromatic carbocycles. The molecule has 3 amide bonds. The summed E-state index contributed by atoms with van der Waals surface area (Å²) in [5.74, 6) is -0.939. The Labute approximate surface area is 195 Å². The highest BCUT2D eigenvalue weighted by molar-refractivity contribution is 6.13. The number of carbonyl (C=O) groups excluding carboxylic acids is 4. The van der Waals surface area contributed by atoms with E-state index in [1.54, 1.807) is 25.1 Å². The van der Waals surface area contributed by atoms with Crippen LogP contribution in [-0.2, 0) is 27.3 Å². The molecule has 10 heteroatoms. The molecule has 0 spiro atoms. The van der Waals surface area contributed by atoms with Gasteiger partial charge >= 0.3 is 18.0 Å². The van der Waals surface area contributed by atoms with Crippen LogP contribution in [0.25, 0.3) is 6.08 Å². The van der Waals surface area contributed by atoms with Gasteiger partial charge < -0.3 is 23.9 Å². The second-order valence-corrected chi connectivity index (χ2v) is 7.16. The Morgan fingerprint density at radius 2 is 2.00 bits per heavy atom. The summed E-state index contributed by atoms with van der Waals surface area (Å²) >= 11 is 0. The second kappa shape index (κ2) is 10.5. The number of imide groups is 1. The molecule has 1 aliphatic heterocycles. The van der Waals surface area contributed by atoms with Crippen molar-refractivity contribution in [1.82, 2.24) is 10.2 Å². The van der Waals surface area contributed by atoms with Crippen LogP contribution >= 0.6 is 0 Å². The summed E-state index contributed by atoms with van der Waals surface area (Å²) in [6, 6.07) is 5.57. The molecule has 10 nitrogen and oxygen atoms in total. The maximum atomic E-state index is 12.9. The third kappa shape index (κ3) is 5.34. The maximum absolute atomic E-state index is 12.9. The van der Waals surface area contributed by atoms with Gasteiger partial charge in [0, 0.05) is 12.5 Å². The van der Waals surface area contributed by atoms with E-state index in [4.69, 9.17) is 13.9 Å². The molecule has 0 unspecified atom stereocenters. The van der Waals surface area contributed by atoms with Gasteiger partial charge in [-0.05, 0) is 49.2 Å². The van der Waals surface area contributed by atoms with Crippen molar-refractivity contribution in [2.24, 2.45) is 0 Å². The molecule has 178 valence electrons. The van der Waals surface area contributed by atoms with Crippen molar-refractivity contribution in [1.29, 1.82) is 0 Å². The van der Waals surface area contributed by atoms with Crippen LogP contribution in [0.2, 0.25) is 0 Å². The van der Waals surface area contributed by atoms with E-state index < -0.39 is 23.9 Å². The van der Waals surface area contributed by atoms with Gasteiger partial charge in [0.15, 0.2) is 11.5 Å². The van der Waals surface area contributed by atoms with Gasteiger partial charge in [0.2, 0.25) is 5.76 Å². The van der Waals surface area contributed by atoms with Crippen LogP contribution < -0.4 is 14.8 Å². The number of benzene rings is 1. The predicted octanol–water partition coefficient (Wildman–Crippen LogP) is 3.21. The Hall–Kier alpha value is -4.34. The molecule has 1 aromatic heterocycles. The highest BCUT2D eigenvalue weighted by Crippen LogP contribution is 2.35. The summed E-state index contributed by atoms with van der Waals surface area (Å²) in [5.41, 5.74) is 1.22. The molecular weight excluding hydrogens is 444 g/mol. The Bertz CT molecular complexity index is 1180. The van der Waals surface area contributed by atoms with Crippen LogP contribution in [0.1, 0.15) is 41.3 Å². The number of allylic oxidation sites excluding steroid dienone is 1. The van der Waals surface area contributed by atoms with Crippen LogP contribution in [0.3, 0.4) is 0 Å². The molecule has 1 saturated heterocycles. The molecule has 2 heterocycles. The van der Waals surface area contributed by atoms with Crippen LogP contribution in [0, 0.1) is 0 Å². The van der Waals surface area contributed by atoms with Gasteiger partial charge in [0.25, 0.3) is 5.91 Å². The summed E-state index contributed by atoms with van der Waals surface area (Å²) in [6.45, 7) is 6.95. The lowest BCUT2D eigenvalue weighted by Crippen LogP contribution is -2.30. The van der Waals surface area contributed by atoms with Crippen LogP contribution in [0.4, 0.5) is 4.79 Å². The molecule has 3 rings (SSSR count). The van der Waals surface area contributed by atoms with Gasteiger partial charge in [0.1, 0.15) is 11.5 Å². The summed E-state index contributed by atoms with van der Waals surface area (Å²) in [6.07, 6.45) is 3.52. The number of ether oxygens (including phenoxy) is 3. The first-order valence-electron chi connectivity index (χ1n) is 10.4. The molecule has 0 radical (unpaired) electrons. The zero-order chi connectivity index (χ0) is 24.8. The van der Waals surface area contributed by atoms with Crippen LogP contribution in [-0.4, -0.2) is 42.5 Å². The zero-order valence-electron chi connectivity index (χ0n) is 19.0. The number of methoxy groups -OCH3 is 1. The lowest BCUT2D eigenvalue weighted by atomic mass is 10.0. The molecule has 1 aliphatic rings. The van der Waals surface area contributed by atoms with Crippen molar-refractivity contribution >= 4 is 30.0 Å². The van der Waals surface area contributed by atoms with Gasteiger partial charge in [-0.3, -0.25) is 14.5 Å². The first-order chi connectivity index (χ1) is 16.3. The fraction of sp³-hybridized carbons (Fsp3) is 0.250. The van der Waals surface area contributed by atoms with E-state index in [-0.39, 0.29) is 29.5 Å². The first kappa shape index (κ1) is 24.3. The molecule has 34 heavy (non-hydrogen) atoms. The Morgan fingerprint density at radius 3 is 2.65 bits per heavy atom. The molecule has 0 aliphatic carbocycles. The molecular formula is C24H24N2O8. The lowest BCUT2D eigenvalue weighted by Gasteiger charge is -2.15. The van der Waals surface area contributed by atoms with Gasteiger partial charge in [-0.15, -0.1) is 6.58 Å². The average molecular weight is 468 g/mol.